The van der Waals surface area contributed by atoms with Crippen LogP contribution in [0.4, 0.5) is 0 Å². The van der Waals surface area contributed by atoms with Gasteiger partial charge in [0, 0.05) is 11.1 Å². The second kappa shape index (κ2) is 4.60. The molecule has 2 aliphatic rings. The Kier molecular flexibility index (Phi) is 3.08. The molecule has 2 aliphatic carbocycles. The molecular weight excluding hydrogens is 269 g/mol. The minimum absolute atomic E-state index is 0.131. The van der Waals surface area contributed by atoms with Crippen LogP contribution in [-0.2, 0) is 0 Å². The van der Waals surface area contributed by atoms with Crippen LogP contribution in [0.3, 0.4) is 0 Å². The SMILES string of the molecule is O=C(NC1CC2C=CC1C2)c1cc(Cl)ccc1Cl. The zero-order valence-electron chi connectivity index (χ0n) is 9.70. The largest absolute Gasteiger partial charge is 0.349 e. The monoisotopic (exact) mass is 281 g/mol. The predicted octanol–water partition coefficient (Wildman–Crippen LogP) is 3.69. The maximum absolute atomic E-state index is 12.2. The van der Waals surface area contributed by atoms with Crippen molar-refractivity contribution in [2.24, 2.45) is 11.8 Å². The molecule has 2 nitrogen and oxygen atoms in total. The smallest absolute Gasteiger partial charge is 0.253 e. The van der Waals surface area contributed by atoms with Crippen molar-refractivity contribution in [2.75, 3.05) is 0 Å². The third kappa shape index (κ3) is 2.15. The summed E-state index contributed by atoms with van der Waals surface area (Å²) < 4.78 is 0. The van der Waals surface area contributed by atoms with E-state index in [1.54, 1.807) is 18.2 Å². The summed E-state index contributed by atoms with van der Waals surface area (Å²) in [4.78, 5) is 12.2. The Labute approximate surface area is 116 Å². The molecule has 1 fully saturated rings. The van der Waals surface area contributed by atoms with Crippen molar-refractivity contribution >= 4 is 29.1 Å². The van der Waals surface area contributed by atoms with Crippen molar-refractivity contribution < 1.29 is 4.79 Å². The molecule has 1 amide bonds. The van der Waals surface area contributed by atoms with Gasteiger partial charge < -0.3 is 5.32 Å². The maximum atomic E-state index is 12.2. The summed E-state index contributed by atoms with van der Waals surface area (Å²) >= 11 is 11.9. The Bertz CT molecular complexity index is 527. The number of nitrogens with one attached hydrogen (secondary N) is 1. The van der Waals surface area contributed by atoms with Gasteiger partial charge in [-0.1, -0.05) is 35.4 Å². The van der Waals surface area contributed by atoms with Crippen LogP contribution in [0.15, 0.2) is 30.4 Å². The highest BCUT2D eigenvalue weighted by Gasteiger charge is 2.36. The zero-order chi connectivity index (χ0) is 12.7. The van der Waals surface area contributed by atoms with Gasteiger partial charge >= 0.3 is 0 Å². The van der Waals surface area contributed by atoms with Gasteiger partial charge in [-0.15, -0.1) is 0 Å². The third-order valence-corrected chi connectivity index (χ3v) is 4.33. The van der Waals surface area contributed by atoms with Crippen molar-refractivity contribution in [3.63, 3.8) is 0 Å². The lowest BCUT2D eigenvalue weighted by Gasteiger charge is -2.20. The van der Waals surface area contributed by atoms with Crippen molar-refractivity contribution in [3.05, 3.63) is 46.0 Å². The number of carbonyl (C=O) groups excluding carboxylic acids is 1. The van der Waals surface area contributed by atoms with Gasteiger partial charge in [0.25, 0.3) is 5.91 Å². The third-order valence-electron chi connectivity index (χ3n) is 3.77. The molecule has 0 aromatic heterocycles. The first-order valence-electron chi connectivity index (χ1n) is 6.08. The van der Waals surface area contributed by atoms with E-state index in [-0.39, 0.29) is 11.9 Å². The lowest BCUT2D eigenvalue weighted by Crippen LogP contribution is -2.37. The van der Waals surface area contributed by atoms with Crippen LogP contribution in [0.2, 0.25) is 10.0 Å². The van der Waals surface area contributed by atoms with E-state index in [0.717, 1.165) is 12.8 Å². The zero-order valence-corrected chi connectivity index (χ0v) is 11.2. The molecule has 1 N–H and O–H groups in total. The van der Waals surface area contributed by atoms with Gasteiger partial charge in [0.1, 0.15) is 0 Å². The number of hydrogen-bond donors (Lipinski definition) is 1. The fraction of sp³-hybridized carbons (Fsp3) is 0.357. The number of rotatable bonds is 2. The number of benzene rings is 1. The molecule has 2 bridgehead atoms. The summed E-state index contributed by atoms with van der Waals surface area (Å²) in [7, 11) is 0. The number of allylic oxidation sites excluding steroid dienone is 1. The molecule has 1 saturated carbocycles. The normalized spacial score (nSPS) is 28.7. The second-order valence-corrected chi connectivity index (χ2v) is 5.83. The standard InChI is InChI=1S/C14H13Cl2NO/c15-10-3-4-12(16)11(7-10)14(18)17-13-6-8-1-2-9(13)5-8/h1-4,7-9,13H,5-6H2,(H,17,18). The number of hydrogen-bond acceptors (Lipinski definition) is 1. The van der Waals surface area contributed by atoms with E-state index in [4.69, 9.17) is 23.2 Å². The number of halogens is 2. The fourth-order valence-electron chi connectivity index (χ4n) is 2.86. The highest BCUT2D eigenvalue weighted by molar-refractivity contribution is 6.35. The van der Waals surface area contributed by atoms with Crippen LogP contribution in [-0.4, -0.2) is 11.9 Å². The van der Waals surface area contributed by atoms with Gasteiger partial charge in [-0.25, -0.2) is 0 Å². The molecule has 4 heteroatoms. The summed E-state index contributed by atoms with van der Waals surface area (Å²) in [6, 6.07) is 5.19. The van der Waals surface area contributed by atoms with Gasteiger partial charge in [0.15, 0.2) is 0 Å². The first-order valence-corrected chi connectivity index (χ1v) is 6.83. The van der Waals surface area contributed by atoms with Crippen molar-refractivity contribution in [1.82, 2.24) is 5.32 Å². The Morgan fingerprint density at radius 2 is 2.06 bits per heavy atom. The van der Waals surface area contributed by atoms with Crippen LogP contribution in [0, 0.1) is 11.8 Å². The molecule has 0 saturated heterocycles. The van der Waals surface area contributed by atoms with Crippen molar-refractivity contribution in [3.8, 4) is 0 Å². The lowest BCUT2D eigenvalue weighted by atomic mass is 10.0. The minimum atomic E-state index is -0.131. The minimum Gasteiger partial charge on any atom is -0.349 e. The van der Waals surface area contributed by atoms with Gasteiger partial charge in [-0.2, -0.15) is 0 Å². The van der Waals surface area contributed by atoms with E-state index >= 15 is 0 Å². The molecule has 18 heavy (non-hydrogen) atoms. The quantitative estimate of drug-likeness (QED) is 0.823. The van der Waals surface area contributed by atoms with E-state index in [2.05, 4.69) is 17.5 Å². The lowest BCUT2D eigenvalue weighted by molar-refractivity contribution is 0.0931. The van der Waals surface area contributed by atoms with Gasteiger partial charge in [0.2, 0.25) is 0 Å². The van der Waals surface area contributed by atoms with E-state index < -0.39 is 0 Å². The van der Waals surface area contributed by atoms with Gasteiger partial charge in [-0.05, 0) is 42.9 Å². The molecule has 0 radical (unpaired) electrons. The number of fused-ring (bicyclic) bond motifs is 2. The topological polar surface area (TPSA) is 29.1 Å². The van der Waals surface area contributed by atoms with Gasteiger partial charge in [0.05, 0.1) is 10.6 Å². The number of amides is 1. The van der Waals surface area contributed by atoms with Crippen molar-refractivity contribution in [1.29, 1.82) is 0 Å². The van der Waals surface area contributed by atoms with Crippen LogP contribution in [0.25, 0.3) is 0 Å². The van der Waals surface area contributed by atoms with E-state index in [1.807, 2.05) is 0 Å². The van der Waals surface area contributed by atoms with Crippen LogP contribution >= 0.6 is 23.2 Å². The van der Waals surface area contributed by atoms with Crippen LogP contribution in [0.5, 0.6) is 0 Å². The summed E-state index contributed by atoms with van der Waals surface area (Å²) in [5.74, 6) is 0.987. The van der Waals surface area contributed by atoms with Crippen LogP contribution in [0.1, 0.15) is 23.2 Å². The van der Waals surface area contributed by atoms with E-state index in [1.165, 1.54) is 0 Å². The molecule has 3 atom stereocenters. The molecule has 1 aromatic carbocycles. The molecule has 0 aliphatic heterocycles. The maximum Gasteiger partial charge on any atom is 0.253 e. The van der Waals surface area contributed by atoms with E-state index in [0.29, 0.717) is 27.4 Å². The Morgan fingerprint density at radius 3 is 2.72 bits per heavy atom. The Morgan fingerprint density at radius 1 is 1.22 bits per heavy atom. The molecule has 3 unspecified atom stereocenters. The summed E-state index contributed by atoms with van der Waals surface area (Å²) in [6.07, 6.45) is 6.65. The summed E-state index contributed by atoms with van der Waals surface area (Å²) in [5, 5.41) is 4.03. The average Bonchev–Trinajstić information content (AvgIpc) is 2.94. The van der Waals surface area contributed by atoms with Gasteiger partial charge in [-0.3, -0.25) is 4.79 Å². The number of carbonyl (C=O) groups is 1. The van der Waals surface area contributed by atoms with Crippen molar-refractivity contribution in [2.45, 2.75) is 18.9 Å². The molecular formula is C14H13Cl2NO. The van der Waals surface area contributed by atoms with Crippen LogP contribution < -0.4 is 5.32 Å². The first kappa shape index (κ1) is 12.1. The Hall–Kier alpha value is -0.990. The second-order valence-electron chi connectivity index (χ2n) is 4.98. The molecule has 94 valence electrons. The Balaban J connectivity index is 1.75. The first-order chi connectivity index (χ1) is 8.63. The average molecular weight is 282 g/mol. The molecule has 3 rings (SSSR count). The molecule has 0 heterocycles. The highest BCUT2D eigenvalue weighted by atomic mass is 35.5. The summed E-state index contributed by atoms with van der Waals surface area (Å²) in [5.41, 5.74) is 0.455. The molecule has 1 aromatic rings. The fourth-order valence-corrected chi connectivity index (χ4v) is 3.24. The predicted molar refractivity (Wildman–Crippen MR) is 73.1 cm³/mol. The highest BCUT2D eigenvalue weighted by Crippen LogP contribution is 2.39. The van der Waals surface area contributed by atoms with E-state index in [9.17, 15) is 4.79 Å². The molecule has 0 spiro atoms. The summed E-state index contributed by atoms with van der Waals surface area (Å²) in [6.45, 7) is 0.